The Morgan fingerprint density at radius 1 is 0.762 bits per heavy atom. The van der Waals surface area contributed by atoms with Crippen molar-refractivity contribution in [2.75, 3.05) is 0 Å². The van der Waals surface area contributed by atoms with Crippen LogP contribution in [0, 0.1) is 20.8 Å². The summed E-state index contributed by atoms with van der Waals surface area (Å²) in [5, 5.41) is 0. The molecule has 0 saturated heterocycles. The van der Waals surface area contributed by atoms with E-state index in [2.05, 4.69) is 54.1 Å². The van der Waals surface area contributed by atoms with Crippen LogP contribution in [0.4, 0.5) is 0 Å². The first-order chi connectivity index (χ1) is 10.1. The van der Waals surface area contributed by atoms with Crippen molar-refractivity contribution in [2.24, 2.45) is 0 Å². The van der Waals surface area contributed by atoms with E-state index in [-0.39, 0.29) is 0 Å². The summed E-state index contributed by atoms with van der Waals surface area (Å²) in [7, 11) is 0. The van der Waals surface area contributed by atoms with E-state index in [0.29, 0.717) is 5.82 Å². The zero-order chi connectivity index (χ0) is 14.8. The molecule has 0 fully saturated rings. The molecule has 3 heteroatoms. The van der Waals surface area contributed by atoms with Crippen LogP contribution >= 0.6 is 0 Å². The fourth-order valence-corrected chi connectivity index (χ4v) is 2.23. The maximum absolute atomic E-state index is 4.76. The standard InChI is InChI=1S/C18H17N3/c1-12-4-7-15(8-5-12)17-13(2)6-9-16(21-17)18-19-11-10-14(3)20-18/h4-11H,1-3H3. The van der Waals surface area contributed by atoms with Crippen molar-refractivity contribution >= 4 is 0 Å². The fraction of sp³-hybridized carbons (Fsp3) is 0.167. The van der Waals surface area contributed by atoms with Gasteiger partial charge in [0.1, 0.15) is 5.69 Å². The number of aromatic nitrogens is 3. The van der Waals surface area contributed by atoms with Gasteiger partial charge in [0.05, 0.1) is 5.69 Å². The zero-order valence-corrected chi connectivity index (χ0v) is 12.5. The highest BCUT2D eigenvalue weighted by atomic mass is 14.9. The Labute approximate surface area is 124 Å². The van der Waals surface area contributed by atoms with E-state index in [4.69, 9.17) is 4.98 Å². The molecule has 2 heterocycles. The first-order valence-electron chi connectivity index (χ1n) is 6.98. The average molecular weight is 275 g/mol. The van der Waals surface area contributed by atoms with Gasteiger partial charge in [-0.15, -0.1) is 0 Å². The van der Waals surface area contributed by atoms with Gasteiger partial charge in [0.2, 0.25) is 0 Å². The second kappa shape index (κ2) is 5.44. The van der Waals surface area contributed by atoms with Gasteiger partial charge in [0.25, 0.3) is 0 Å². The van der Waals surface area contributed by atoms with Crippen LogP contribution in [0.5, 0.6) is 0 Å². The molecule has 0 unspecified atom stereocenters. The van der Waals surface area contributed by atoms with E-state index < -0.39 is 0 Å². The molecular formula is C18H17N3. The zero-order valence-electron chi connectivity index (χ0n) is 12.5. The lowest BCUT2D eigenvalue weighted by Gasteiger charge is -2.08. The van der Waals surface area contributed by atoms with Crippen molar-refractivity contribution in [1.82, 2.24) is 15.0 Å². The van der Waals surface area contributed by atoms with E-state index in [1.165, 1.54) is 5.56 Å². The van der Waals surface area contributed by atoms with Crippen LogP contribution in [-0.4, -0.2) is 15.0 Å². The van der Waals surface area contributed by atoms with Gasteiger partial charge in [-0.2, -0.15) is 0 Å². The number of benzene rings is 1. The van der Waals surface area contributed by atoms with Crippen molar-refractivity contribution < 1.29 is 0 Å². The molecule has 2 aromatic heterocycles. The van der Waals surface area contributed by atoms with E-state index in [1.807, 2.05) is 19.1 Å². The lowest BCUT2D eigenvalue weighted by atomic mass is 10.0. The Morgan fingerprint density at radius 3 is 2.24 bits per heavy atom. The summed E-state index contributed by atoms with van der Waals surface area (Å²) in [5.41, 5.74) is 6.24. The van der Waals surface area contributed by atoms with Gasteiger partial charge in [-0.3, -0.25) is 0 Å². The van der Waals surface area contributed by atoms with Crippen molar-refractivity contribution in [3.05, 3.63) is 65.5 Å². The molecule has 3 rings (SSSR count). The molecule has 0 bridgehead atoms. The minimum absolute atomic E-state index is 0.670. The van der Waals surface area contributed by atoms with Crippen molar-refractivity contribution in [3.8, 4) is 22.8 Å². The SMILES string of the molecule is Cc1ccc(-c2nc(-c3nccc(C)n3)ccc2C)cc1. The molecule has 0 aliphatic heterocycles. The lowest BCUT2D eigenvalue weighted by molar-refractivity contribution is 1.09. The molecule has 0 amide bonds. The summed E-state index contributed by atoms with van der Waals surface area (Å²) < 4.78 is 0. The summed E-state index contributed by atoms with van der Waals surface area (Å²) in [6, 6.07) is 14.3. The minimum atomic E-state index is 0.670. The van der Waals surface area contributed by atoms with E-state index in [0.717, 1.165) is 28.2 Å². The van der Waals surface area contributed by atoms with E-state index in [1.54, 1.807) is 6.20 Å². The summed E-state index contributed by atoms with van der Waals surface area (Å²) in [6.07, 6.45) is 1.77. The van der Waals surface area contributed by atoms with E-state index in [9.17, 15) is 0 Å². The molecule has 3 aromatic rings. The number of hydrogen-bond donors (Lipinski definition) is 0. The van der Waals surface area contributed by atoms with E-state index >= 15 is 0 Å². The predicted molar refractivity (Wildman–Crippen MR) is 84.9 cm³/mol. The summed E-state index contributed by atoms with van der Waals surface area (Å²) in [6.45, 7) is 6.12. The van der Waals surface area contributed by atoms with Crippen LogP contribution in [0.15, 0.2) is 48.7 Å². The normalized spacial score (nSPS) is 10.6. The summed E-state index contributed by atoms with van der Waals surface area (Å²) in [4.78, 5) is 13.5. The highest BCUT2D eigenvalue weighted by molar-refractivity contribution is 5.66. The molecule has 0 aliphatic rings. The Hall–Kier alpha value is -2.55. The monoisotopic (exact) mass is 275 g/mol. The topological polar surface area (TPSA) is 38.7 Å². The Balaban J connectivity index is 2.10. The lowest BCUT2D eigenvalue weighted by Crippen LogP contribution is -1.96. The Morgan fingerprint density at radius 2 is 1.52 bits per heavy atom. The quantitative estimate of drug-likeness (QED) is 0.705. The van der Waals surface area contributed by atoms with Gasteiger partial charge in [0, 0.05) is 17.5 Å². The van der Waals surface area contributed by atoms with Gasteiger partial charge in [0.15, 0.2) is 5.82 Å². The summed E-state index contributed by atoms with van der Waals surface area (Å²) in [5.74, 6) is 0.670. The van der Waals surface area contributed by atoms with Crippen molar-refractivity contribution in [1.29, 1.82) is 0 Å². The third-order valence-electron chi connectivity index (χ3n) is 3.45. The predicted octanol–water partition coefficient (Wildman–Crippen LogP) is 4.13. The fourth-order valence-electron chi connectivity index (χ4n) is 2.23. The number of pyridine rings is 1. The van der Waals surface area contributed by atoms with Gasteiger partial charge in [-0.05, 0) is 38.5 Å². The molecule has 0 atom stereocenters. The molecule has 0 radical (unpaired) electrons. The first kappa shape index (κ1) is 13.4. The maximum Gasteiger partial charge on any atom is 0.178 e. The van der Waals surface area contributed by atoms with Gasteiger partial charge in [-0.1, -0.05) is 35.9 Å². The van der Waals surface area contributed by atoms with Crippen molar-refractivity contribution in [3.63, 3.8) is 0 Å². The second-order valence-corrected chi connectivity index (χ2v) is 5.25. The van der Waals surface area contributed by atoms with Crippen molar-refractivity contribution in [2.45, 2.75) is 20.8 Å². The molecule has 0 spiro atoms. The van der Waals surface area contributed by atoms with Crippen LogP contribution < -0.4 is 0 Å². The third-order valence-corrected chi connectivity index (χ3v) is 3.45. The highest BCUT2D eigenvalue weighted by Gasteiger charge is 2.08. The molecular weight excluding hydrogens is 258 g/mol. The molecule has 0 aliphatic carbocycles. The summed E-state index contributed by atoms with van der Waals surface area (Å²) >= 11 is 0. The smallest absolute Gasteiger partial charge is 0.178 e. The van der Waals surface area contributed by atoms with Crippen LogP contribution in [-0.2, 0) is 0 Å². The molecule has 3 nitrogen and oxygen atoms in total. The van der Waals surface area contributed by atoms with Gasteiger partial charge >= 0.3 is 0 Å². The number of aryl methyl sites for hydroxylation is 3. The van der Waals surface area contributed by atoms with Crippen LogP contribution in [0.2, 0.25) is 0 Å². The number of rotatable bonds is 2. The third kappa shape index (κ3) is 2.82. The molecule has 0 N–H and O–H groups in total. The van der Waals surface area contributed by atoms with Crippen LogP contribution in [0.25, 0.3) is 22.8 Å². The Bertz CT molecular complexity index is 777. The average Bonchev–Trinajstić information content (AvgIpc) is 2.49. The second-order valence-electron chi connectivity index (χ2n) is 5.25. The largest absolute Gasteiger partial charge is 0.244 e. The van der Waals surface area contributed by atoms with Gasteiger partial charge in [-0.25, -0.2) is 15.0 Å². The number of hydrogen-bond acceptors (Lipinski definition) is 3. The Kier molecular flexibility index (Phi) is 3.48. The molecule has 0 saturated carbocycles. The van der Waals surface area contributed by atoms with Crippen LogP contribution in [0.3, 0.4) is 0 Å². The number of nitrogens with zero attached hydrogens (tertiary/aromatic N) is 3. The molecule has 1 aromatic carbocycles. The van der Waals surface area contributed by atoms with Crippen LogP contribution in [0.1, 0.15) is 16.8 Å². The first-order valence-corrected chi connectivity index (χ1v) is 6.98. The molecule has 104 valence electrons. The van der Waals surface area contributed by atoms with Gasteiger partial charge < -0.3 is 0 Å². The maximum atomic E-state index is 4.76. The minimum Gasteiger partial charge on any atom is -0.244 e. The highest BCUT2D eigenvalue weighted by Crippen LogP contribution is 2.24. The molecule has 21 heavy (non-hydrogen) atoms.